The molecular weight excluding hydrogens is 420 g/mol. The van der Waals surface area contributed by atoms with Crippen molar-refractivity contribution in [3.05, 3.63) is 77.9 Å². The van der Waals surface area contributed by atoms with E-state index in [0.29, 0.717) is 30.0 Å². The molecule has 0 aliphatic carbocycles. The first-order chi connectivity index (χ1) is 15.7. The van der Waals surface area contributed by atoms with Crippen LogP contribution in [0, 0.1) is 11.3 Å². The Hall–Kier alpha value is -3.73. The molecule has 5 rings (SSSR count). The third-order valence-corrected chi connectivity index (χ3v) is 6.50. The number of benzene rings is 3. The van der Waals surface area contributed by atoms with Crippen molar-refractivity contribution < 1.29 is 9.53 Å². The Morgan fingerprint density at radius 3 is 2.59 bits per heavy atom. The van der Waals surface area contributed by atoms with Gasteiger partial charge in [0.1, 0.15) is 0 Å². The van der Waals surface area contributed by atoms with Crippen molar-refractivity contribution in [2.45, 2.75) is 0 Å². The van der Waals surface area contributed by atoms with Gasteiger partial charge >= 0.3 is 0 Å². The van der Waals surface area contributed by atoms with Crippen LogP contribution >= 0.6 is 11.3 Å². The average Bonchev–Trinajstić information content (AvgIpc) is 3.28. The van der Waals surface area contributed by atoms with Gasteiger partial charge in [-0.15, -0.1) is 0 Å². The Morgan fingerprint density at radius 1 is 1.03 bits per heavy atom. The molecule has 1 saturated heterocycles. The fourth-order valence-corrected chi connectivity index (χ4v) is 4.87. The molecule has 0 atom stereocenters. The zero-order valence-corrected chi connectivity index (χ0v) is 18.1. The number of aromatic nitrogens is 1. The number of carbonyl (C=O) groups is 1. The van der Waals surface area contributed by atoms with Crippen LogP contribution in [-0.2, 0) is 4.74 Å². The summed E-state index contributed by atoms with van der Waals surface area (Å²) in [5.41, 5.74) is 4.16. The Bertz CT molecular complexity index is 1340. The van der Waals surface area contributed by atoms with E-state index < -0.39 is 0 Å². The highest BCUT2D eigenvalue weighted by Gasteiger charge is 2.17. The van der Waals surface area contributed by atoms with Crippen molar-refractivity contribution in [3.63, 3.8) is 0 Å². The van der Waals surface area contributed by atoms with E-state index in [1.54, 1.807) is 23.5 Å². The summed E-state index contributed by atoms with van der Waals surface area (Å²) < 4.78 is 6.45. The minimum atomic E-state index is -0.217. The number of morpholine rings is 1. The molecule has 0 bridgehead atoms. The molecule has 32 heavy (non-hydrogen) atoms. The Labute approximate surface area is 189 Å². The predicted octanol–water partition coefficient (Wildman–Crippen LogP) is 4.92. The number of anilines is 2. The summed E-state index contributed by atoms with van der Waals surface area (Å²) in [6, 6.07) is 22.6. The number of nitrogens with zero attached hydrogens (tertiary/aromatic N) is 3. The molecule has 2 heterocycles. The van der Waals surface area contributed by atoms with E-state index in [1.165, 1.54) is 0 Å². The Balaban J connectivity index is 1.42. The molecule has 6 nitrogen and oxygen atoms in total. The van der Waals surface area contributed by atoms with E-state index in [-0.39, 0.29) is 5.91 Å². The van der Waals surface area contributed by atoms with E-state index in [9.17, 15) is 10.1 Å². The lowest BCUT2D eigenvalue weighted by Gasteiger charge is -2.25. The molecule has 158 valence electrons. The van der Waals surface area contributed by atoms with Crippen molar-refractivity contribution in [1.29, 1.82) is 5.26 Å². The maximum atomic E-state index is 13.2. The molecule has 1 aliphatic rings. The van der Waals surface area contributed by atoms with Crippen molar-refractivity contribution in [2.24, 2.45) is 0 Å². The van der Waals surface area contributed by atoms with E-state index in [2.05, 4.69) is 16.3 Å². The van der Waals surface area contributed by atoms with E-state index in [4.69, 9.17) is 9.72 Å². The predicted molar refractivity (Wildman–Crippen MR) is 127 cm³/mol. The minimum absolute atomic E-state index is 0.217. The van der Waals surface area contributed by atoms with Gasteiger partial charge < -0.3 is 15.0 Å². The first kappa shape index (κ1) is 20.2. The summed E-state index contributed by atoms with van der Waals surface area (Å²) in [6.07, 6.45) is 0. The Morgan fingerprint density at radius 2 is 1.78 bits per heavy atom. The number of carbonyl (C=O) groups excluding carboxylic acids is 1. The zero-order valence-electron chi connectivity index (χ0n) is 17.2. The molecule has 1 aliphatic heterocycles. The van der Waals surface area contributed by atoms with Gasteiger partial charge in [0.05, 0.1) is 35.1 Å². The van der Waals surface area contributed by atoms with E-state index in [1.807, 2.05) is 54.6 Å². The Kier molecular flexibility index (Phi) is 5.55. The highest BCUT2D eigenvalue weighted by atomic mass is 32.1. The van der Waals surface area contributed by atoms with Crippen LogP contribution in [-0.4, -0.2) is 37.2 Å². The largest absolute Gasteiger partial charge is 0.378 e. The first-order valence-electron chi connectivity index (χ1n) is 10.4. The summed E-state index contributed by atoms with van der Waals surface area (Å²) in [5.74, 6) is -0.217. The molecule has 0 saturated carbocycles. The molecule has 1 aromatic heterocycles. The summed E-state index contributed by atoms with van der Waals surface area (Å²) in [4.78, 5) is 20.1. The van der Waals surface area contributed by atoms with Crippen LogP contribution in [0.1, 0.15) is 15.9 Å². The number of ether oxygens (including phenoxy) is 1. The number of hydrogen-bond donors (Lipinski definition) is 1. The smallest absolute Gasteiger partial charge is 0.256 e. The normalized spacial score (nSPS) is 13.7. The number of thiazole rings is 1. The average molecular weight is 441 g/mol. The van der Waals surface area contributed by atoms with Gasteiger partial charge in [-0.2, -0.15) is 5.26 Å². The highest BCUT2D eigenvalue weighted by molar-refractivity contribution is 7.22. The van der Waals surface area contributed by atoms with Crippen LogP contribution in [0.15, 0.2) is 66.7 Å². The van der Waals surface area contributed by atoms with Gasteiger partial charge in [-0.1, -0.05) is 47.7 Å². The van der Waals surface area contributed by atoms with Crippen LogP contribution < -0.4 is 10.2 Å². The summed E-state index contributed by atoms with van der Waals surface area (Å²) in [6.45, 7) is 3.10. The number of nitrogens with one attached hydrogen (secondary N) is 1. The fourth-order valence-electron chi connectivity index (χ4n) is 3.81. The highest BCUT2D eigenvalue weighted by Crippen LogP contribution is 2.32. The summed E-state index contributed by atoms with van der Waals surface area (Å²) >= 11 is 1.62. The van der Waals surface area contributed by atoms with Gasteiger partial charge in [-0.05, 0) is 35.9 Å². The minimum Gasteiger partial charge on any atom is -0.378 e. The molecule has 3 aromatic carbocycles. The van der Waals surface area contributed by atoms with E-state index >= 15 is 0 Å². The van der Waals surface area contributed by atoms with E-state index in [0.717, 1.165) is 39.6 Å². The molecule has 4 aromatic rings. The van der Waals surface area contributed by atoms with Gasteiger partial charge in [0, 0.05) is 29.9 Å². The molecule has 1 amide bonds. The molecule has 0 spiro atoms. The van der Waals surface area contributed by atoms with Crippen molar-refractivity contribution in [3.8, 4) is 17.2 Å². The molecular formula is C25H20N4O2S. The molecule has 0 radical (unpaired) electrons. The summed E-state index contributed by atoms with van der Waals surface area (Å²) in [7, 11) is 0. The lowest BCUT2D eigenvalue weighted by molar-refractivity contribution is 0.102. The van der Waals surface area contributed by atoms with Crippen LogP contribution in [0.2, 0.25) is 0 Å². The zero-order chi connectivity index (χ0) is 21.9. The van der Waals surface area contributed by atoms with Crippen molar-refractivity contribution in [2.75, 3.05) is 36.5 Å². The number of amides is 1. The number of hydrogen-bond acceptors (Lipinski definition) is 6. The maximum Gasteiger partial charge on any atom is 0.256 e. The topological polar surface area (TPSA) is 78.2 Å². The van der Waals surface area contributed by atoms with Gasteiger partial charge in [0.25, 0.3) is 5.91 Å². The first-order valence-corrected chi connectivity index (χ1v) is 11.2. The molecule has 1 fully saturated rings. The third-order valence-electron chi connectivity index (χ3n) is 5.43. The second-order valence-electron chi connectivity index (χ2n) is 7.44. The second-order valence-corrected chi connectivity index (χ2v) is 8.44. The van der Waals surface area contributed by atoms with Gasteiger partial charge in [-0.25, -0.2) is 4.98 Å². The monoisotopic (exact) mass is 440 g/mol. The number of rotatable bonds is 4. The van der Waals surface area contributed by atoms with Crippen molar-refractivity contribution >= 4 is 38.3 Å². The number of nitriles is 1. The van der Waals surface area contributed by atoms with Gasteiger partial charge in [0.2, 0.25) is 0 Å². The second kappa shape index (κ2) is 8.79. The standard InChI is InChI=1S/C25H20N4O2S/c26-16-17-5-1-2-6-19(17)20-7-3-4-8-21(20)24(30)27-18-9-10-22-23(15-18)32-25(28-22)29-11-13-31-14-12-29/h1-10,15H,11-14H2,(H,27,30). The molecule has 1 N–H and O–H groups in total. The van der Waals surface area contributed by atoms with Crippen LogP contribution in [0.3, 0.4) is 0 Å². The lowest BCUT2D eigenvalue weighted by Crippen LogP contribution is -2.36. The maximum absolute atomic E-state index is 13.2. The van der Waals surface area contributed by atoms with Crippen LogP contribution in [0.5, 0.6) is 0 Å². The SMILES string of the molecule is N#Cc1ccccc1-c1ccccc1C(=O)Nc1ccc2nc(N3CCOCC3)sc2c1. The fraction of sp³-hybridized carbons (Fsp3) is 0.160. The lowest BCUT2D eigenvalue weighted by atomic mass is 9.95. The molecule has 7 heteroatoms. The summed E-state index contributed by atoms with van der Waals surface area (Å²) in [5, 5.41) is 13.5. The van der Waals surface area contributed by atoms with Crippen LogP contribution in [0.25, 0.3) is 21.3 Å². The van der Waals surface area contributed by atoms with Gasteiger partial charge in [0.15, 0.2) is 5.13 Å². The third kappa shape index (κ3) is 3.94. The molecule has 0 unspecified atom stereocenters. The van der Waals surface area contributed by atoms with Gasteiger partial charge in [-0.3, -0.25) is 4.79 Å². The van der Waals surface area contributed by atoms with Crippen molar-refractivity contribution in [1.82, 2.24) is 4.98 Å². The quantitative estimate of drug-likeness (QED) is 0.487. The van der Waals surface area contributed by atoms with Crippen LogP contribution in [0.4, 0.5) is 10.8 Å². The number of fused-ring (bicyclic) bond motifs is 1.